The van der Waals surface area contributed by atoms with E-state index in [-0.39, 0.29) is 49.2 Å². The van der Waals surface area contributed by atoms with Gasteiger partial charge in [-0.3, -0.25) is 15.3 Å². The zero-order valence-electron chi connectivity index (χ0n) is 19.3. The summed E-state index contributed by atoms with van der Waals surface area (Å²) in [7, 11) is 0. The molecule has 31 heavy (non-hydrogen) atoms. The molecule has 176 valence electrons. The molecule has 2 saturated carbocycles. The second-order valence-corrected chi connectivity index (χ2v) is 9.35. The molecule has 2 fully saturated rings. The normalized spacial score (nSPS) is 24.8. The van der Waals surface area contributed by atoms with Gasteiger partial charge in [-0.15, -0.1) is 0 Å². The summed E-state index contributed by atoms with van der Waals surface area (Å²) in [6.07, 6.45) is 3.14. The van der Waals surface area contributed by atoms with Gasteiger partial charge in [0.15, 0.2) is 6.23 Å². The summed E-state index contributed by atoms with van der Waals surface area (Å²) in [6.45, 7) is 10.1. The number of nitrogens with zero attached hydrogens (tertiary/aromatic N) is 1. The second kappa shape index (κ2) is 11.1. The van der Waals surface area contributed by atoms with Gasteiger partial charge in [0.25, 0.3) is 0 Å². The lowest BCUT2D eigenvalue weighted by atomic mass is 9.84. The molecule has 0 aromatic carbocycles. The van der Waals surface area contributed by atoms with Crippen LogP contribution in [0.2, 0.25) is 0 Å². The summed E-state index contributed by atoms with van der Waals surface area (Å²) in [5.41, 5.74) is 6.21. The van der Waals surface area contributed by atoms with Gasteiger partial charge < -0.3 is 19.5 Å². The van der Waals surface area contributed by atoms with Crippen LogP contribution in [0.1, 0.15) is 60.3 Å². The Balaban J connectivity index is 2.12. The zero-order valence-corrected chi connectivity index (χ0v) is 19.3. The molecule has 0 heterocycles. The van der Waals surface area contributed by atoms with Crippen molar-refractivity contribution in [1.82, 2.24) is 4.90 Å². The maximum atomic E-state index is 13.3. The maximum Gasteiger partial charge on any atom is 0.332 e. The van der Waals surface area contributed by atoms with Crippen LogP contribution in [0.15, 0.2) is 12.3 Å². The lowest BCUT2D eigenvalue weighted by Gasteiger charge is -2.31. The van der Waals surface area contributed by atoms with E-state index in [9.17, 15) is 19.5 Å². The van der Waals surface area contributed by atoms with Crippen molar-refractivity contribution in [3.63, 3.8) is 0 Å². The van der Waals surface area contributed by atoms with E-state index in [1.165, 1.54) is 17.2 Å². The van der Waals surface area contributed by atoms with E-state index in [1.54, 1.807) is 6.92 Å². The van der Waals surface area contributed by atoms with Crippen LogP contribution >= 0.6 is 0 Å². The number of aliphatic hydroxyl groups is 1. The van der Waals surface area contributed by atoms with Crippen molar-refractivity contribution in [3.8, 4) is 0 Å². The molecule has 1 amide bonds. The smallest absolute Gasteiger partial charge is 0.332 e. The number of esters is 2. The van der Waals surface area contributed by atoms with E-state index >= 15 is 0 Å². The van der Waals surface area contributed by atoms with E-state index in [4.69, 9.17) is 15.2 Å². The quantitative estimate of drug-likeness (QED) is 0.305. The Bertz CT molecular complexity index is 665. The molecule has 8 nitrogen and oxygen atoms in total. The van der Waals surface area contributed by atoms with E-state index in [0.29, 0.717) is 0 Å². The Morgan fingerprint density at radius 1 is 1.10 bits per heavy atom. The summed E-state index contributed by atoms with van der Waals surface area (Å²) in [5.74, 6) is -2.37. The molecule has 2 aliphatic carbocycles. The Hall–Kier alpha value is -1.93. The van der Waals surface area contributed by atoms with Crippen molar-refractivity contribution in [1.29, 1.82) is 0 Å². The van der Waals surface area contributed by atoms with E-state index in [0.717, 1.165) is 12.8 Å². The maximum absolute atomic E-state index is 13.3. The van der Waals surface area contributed by atoms with Gasteiger partial charge in [0.2, 0.25) is 5.91 Å². The van der Waals surface area contributed by atoms with Gasteiger partial charge in [-0.25, -0.2) is 4.79 Å². The highest BCUT2D eigenvalue weighted by Gasteiger charge is 2.47. The van der Waals surface area contributed by atoms with Crippen LogP contribution in [0.5, 0.6) is 0 Å². The molecule has 0 bridgehead atoms. The fraction of sp³-hybridized carbons (Fsp3) is 0.783. The van der Waals surface area contributed by atoms with Gasteiger partial charge in [-0.2, -0.15) is 0 Å². The van der Waals surface area contributed by atoms with Crippen molar-refractivity contribution in [3.05, 3.63) is 12.3 Å². The monoisotopic (exact) mass is 438 g/mol. The van der Waals surface area contributed by atoms with E-state index in [1.807, 2.05) is 27.7 Å². The molecule has 0 aromatic rings. The van der Waals surface area contributed by atoms with Gasteiger partial charge in [0, 0.05) is 24.2 Å². The Morgan fingerprint density at radius 2 is 1.68 bits per heavy atom. The molecule has 0 spiro atoms. The Morgan fingerprint density at radius 3 is 2.19 bits per heavy atom. The molecular formula is C23H38N2O6. The predicted octanol–water partition coefficient (Wildman–Crippen LogP) is 2.20. The standard InChI is InChI=1S/C23H38N2O6/c1-6-30-19(27)9-10-25(15-7-8-15)22(28)17-11-16(26)12-18(17)23(29)31-21(24)20(13(2)3)14(4)5/h9-10,13-18,20-21,26H,6-8,11-12,24H2,1-5H3. The van der Waals surface area contributed by atoms with Crippen LogP contribution in [0.4, 0.5) is 0 Å². The molecule has 8 heteroatoms. The average Bonchev–Trinajstić information content (AvgIpc) is 3.41. The Kier molecular flexibility index (Phi) is 9.06. The fourth-order valence-corrected chi connectivity index (χ4v) is 4.62. The molecule has 4 atom stereocenters. The van der Waals surface area contributed by atoms with Gasteiger partial charge in [-0.1, -0.05) is 27.7 Å². The first-order valence-electron chi connectivity index (χ1n) is 11.4. The largest absolute Gasteiger partial charge is 0.463 e. The third kappa shape index (κ3) is 6.77. The molecular weight excluding hydrogens is 400 g/mol. The van der Waals surface area contributed by atoms with Gasteiger partial charge in [0.1, 0.15) is 0 Å². The molecule has 0 saturated heterocycles. The minimum absolute atomic E-state index is 0.00103. The van der Waals surface area contributed by atoms with Crippen LogP contribution < -0.4 is 5.73 Å². The summed E-state index contributed by atoms with van der Waals surface area (Å²) < 4.78 is 10.5. The average molecular weight is 439 g/mol. The van der Waals surface area contributed by atoms with Crippen molar-refractivity contribution in [2.45, 2.75) is 78.7 Å². The first-order chi connectivity index (χ1) is 14.6. The number of rotatable bonds is 10. The molecule has 4 unspecified atom stereocenters. The lowest BCUT2D eigenvalue weighted by molar-refractivity contribution is -0.162. The van der Waals surface area contributed by atoms with Crippen molar-refractivity contribution in [2.75, 3.05) is 6.61 Å². The van der Waals surface area contributed by atoms with Crippen molar-refractivity contribution in [2.24, 2.45) is 35.3 Å². The van der Waals surface area contributed by atoms with Gasteiger partial charge in [-0.05, 0) is 44.4 Å². The number of amides is 1. The number of carbonyl (C=O) groups is 3. The van der Waals surface area contributed by atoms with Gasteiger partial charge >= 0.3 is 11.9 Å². The molecule has 0 radical (unpaired) electrons. The molecule has 0 aliphatic heterocycles. The summed E-state index contributed by atoms with van der Waals surface area (Å²) >= 11 is 0. The van der Waals surface area contributed by atoms with Crippen LogP contribution in [0, 0.1) is 29.6 Å². The first kappa shape index (κ1) is 25.3. The van der Waals surface area contributed by atoms with E-state index < -0.39 is 36.1 Å². The summed E-state index contributed by atoms with van der Waals surface area (Å²) in [4.78, 5) is 39.4. The third-order valence-electron chi connectivity index (χ3n) is 6.18. The SMILES string of the molecule is CCOC(=O)C=CN(C(=O)C1CC(O)CC1C(=O)OC(N)C(C(C)C)C(C)C)C1CC1. The molecule has 2 aliphatic rings. The molecule has 0 aromatic heterocycles. The van der Waals surface area contributed by atoms with Crippen molar-refractivity contribution < 1.29 is 29.0 Å². The van der Waals surface area contributed by atoms with Crippen LogP contribution in [-0.4, -0.2) is 52.8 Å². The lowest BCUT2D eigenvalue weighted by Crippen LogP contribution is -2.43. The van der Waals surface area contributed by atoms with Crippen LogP contribution in [0.3, 0.4) is 0 Å². The number of hydrogen-bond acceptors (Lipinski definition) is 7. The number of nitrogens with two attached hydrogens (primary N) is 1. The number of carbonyl (C=O) groups excluding carboxylic acids is 3. The minimum Gasteiger partial charge on any atom is -0.463 e. The van der Waals surface area contributed by atoms with Crippen LogP contribution in [-0.2, 0) is 23.9 Å². The highest BCUT2D eigenvalue weighted by Crippen LogP contribution is 2.38. The molecule has 2 rings (SSSR count). The minimum atomic E-state index is -0.774. The molecule has 3 N–H and O–H groups in total. The zero-order chi connectivity index (χ0) is 23.3. The van der Waals surface area contributed by atoms with Crippen molar-refractivity contribution >= 4 is 17.8 Å². The first-order valence-corrected chi connectivity index (χ1v) is 11.4. The second-order valence-electron chi connectivity index (χ2n) is 9.35. The topological polar surface area (TPSA) is 119 Å². The van der Waals surface area contributed by atoms with Crippen LogP contribution in [0.25, 0.3) is 0 Å². The highest BCUT2D eigenvalue weighted by atomic mass is 16.6. The predicted molar refractivity (Wildman–Crippen MR) is 115 cm³/mol. The number of aliphatic hydroxyl groups excluding tert-OH is 1. The fourth-order valence-electron chi connectivity index (χ4n) is 4.62. The summed E-state index contributed by atoms with van der Waals surface area (Å²) in [5, 5.41) is 10.2. The van der Waals surface area contributed by atoms with E-state index in [2.05, 4.69) is 0 Å². The Labute approximate surface area is 185 Å². The van der Waals surface area contributed by atoms with Gasteiger partial charge in [0.05, 0.1) is 24.5 Å². The highest BCUT2D eigenvalue weighted by molar-refractivity contribution is 5.88. The number of hydrogen-bond donors (Lipinski definition) is 2. The summed E-state index contributed by atoms with van der Waals surface area (Å²) in [6, 6.07) is 0.00103. The third-order valence-corrected chi connectivity index (χ3v) is 6.18. The number of ether oxygens (including phenoxy) is 2.